The van der Waals surface area contributed by atoms with Gasteiger partial charge in [-0.05, 0) is 13.8 Å². The monoisotopic (exact) mass is 286 g/mol. The molecule has 1 rings (SSSR count). The molecule has 0 aromatic carbocycles. The number of carbonyl (C=O) groups excluding carboxylic acids is 1. The molecule has 0 amide bonds. The molecule has 1 N–H and O–H groups in total. The van der Waals surface area contributed by atoms with Crippen molar-refractivity contribution in [2.24, 2.45) is 0 Å². The van der Waals surface area contributed by atoms with Crippen LogP contribution in [0.25, 0.3) is 0 Å². The SMILES string of the molecule is CCN(c1nc(C(=O)O)c(C(C)=O)s1)C(C)COC. The Bertz CT molecular complexity index is 441. The number of aromatic nitrogens is 1. The van der Waals surface area contributed by atoms with Gasteiger partial charge in [-0.15, -0.1) is 0 Å². The van der Waals surface area contributed by atoms with Crippen molar-refractivity contribution in [1.29, 1.82) is 0 Å². The molecule has 0 aliphatic carbocycles. The van der Waals surface area contributed by atoms with E-state index in [9.17, 15) is 9.59 Å². The van der Waals surface area contributed by atoms with Crippen LogP contribution >= 0.6 is 11.3 Å². The van der Waals surface area contributed by atoms with Crippen LogP contribution in [0, 0.1) is 0 Å². The molecule has 1 atom stereocenters. The third-order valence-corrected chi connectivity index (χ3v) is 3.86. The lowest BCUT2D eigenvalue weighted by molar-refractivity contribution is 0.0687. The highest BCUT2D eigenvalue weighted by atomic mass is 32.1. The summed E-state index contributed by atoms with van der Waals surface area (Å²) in [5.74, 6) is -1.46. The molecule has 7 heteroatoms. The largest absolute Gasteiger partial charge is 0.476 e. The summed E-state index contributed by atoms with van der Waals surface area (Å²) in [5.41, 5.74) is -0.171. The Balaban J connectivity index is 3.15. The molecule has 0 saturated heterocycles. The normalized spacial score (nSPS) is 12.2. The van der Waals surface area contributed by atoms with E-state index in [0.29, 0.717) is 18.3 Å². The third-order valence-electron chi connectivity index (χ3n) is 2.66. The summed E-state index contributed by atoms with van der Waals surface area (Å²) >= 11 is 1.11. The van der Waals surface area contributed by atoms with Gasteiger partial charge in [-0.3, -0.25) is 4.79 Å². The minimum absolute atomic E-state index is 0.0580. The number of hydrogen-bond acceptors (Lipinski definition) is 6. The number of hydrogen-bond donors (Lipinski definition) is 1. The van der Waals surface area contributed by atoms with Gasteiger partial charge in [0.2, 0.25) is 0 Å². The Labute approximate surface area is 116 Å². The Kier molecular flexibility index (Phi) is 5.44. The highest BCUT2D eigenvalue weighted by Gasteiger charge is 2.24. The maximum atomic E-state index is 11.5. The van der Waals surface area contributed by atoms with Crippen molar-refractivity contribution in [2.45, 2.75) is 26.8 Å². The van der Waals surface area contributed by atoms with Crippen LogP contribution in [-0.2, 0) is 4.74 Å². The molecule has 6 nitrogen and oxygen atoms in total. The van der Waals surface area contributed by atoms with E-state index in [0.717, 1.165) is 11.3 Å². The summed E-state index contributed by atoms with van der Waals surface area (Å²) in [5, 5.41) is 9.61. The molecule has 0 fully saturated rings. The van der Waals surface area contributed by atoms with Crippen molar-refractivity contribution in [2.75, 3.05) is 25.2 Å². The average Bonchev–Trinajstić information content (AvgIpc) is 2.75. The predicted molar refractivity (Wildman–Crippen MR) is 73.4 cm³/mol. The fourth-order valence-electron chi connectivity index (χ4n) is 1.78. The number of ketones is 1. The number of Topliss-reactive ketones (excluding diaryl/α,β-unsaturated/α-hetero) is 1. The number of thiazole rings is 1. The molecule has 0 saturated carbocycles. The lowest BCUT2D eigenvalue weighted by atomic mass is 10.3. The van der Waals surface area contributed by atoms with Crippen LogP contribution in [0.3, 0.4) is 0 Å². The number of carboxylic acids is 1. The first-order valence-corrected chi connectivity index (χ1v) is 6.74. The summed E-state index contributed by atoms with van der Waals surface area (Å²) < 4.78 is 5.09. The Hall–Kier alpha value is -1.47. The molecule has 0 aliphatic heterocycles. The average molecular weight is 286 g/mol. The third kappa shape index (κ3) is 3.51. The Morgan fingerprint density at radius 1 is 1.53 bits per heavy atom. The van der Waals surface area contributed by atoms with Crippen LogP contribution in [0.5, 0.6) is 0 Å². The summed E-state index contributed by atoms with van der Waals surface area (Å²) in [6, 6.07) is 0.0580. The van der Waals surface area contributed by atoms with Crippen molar-refractivity contribution in [1.82, 2.24) is 4.98 Å². The maximum Gasteiger partial charge on any atom is 0.356 e. The predicted octanol–water partition coefficient (Wildman–Crippen LogP) is 1.91. The summed E-state index contributed by atoms with van der Waals surface area (Å²) in [4.78, 5) is 28.7. The van der Waals surface area contributed by atoms with Crippen LogP contribution in [0.2, 0.25) is 0 Å². The van der Waals surface area contributed by atoms with Gasteiger partial charge in [0.05, 0.1) is 12.6 Å². The van der Waals surface area contributed by atoms with E-state index in [-0.39, 0.29) is 22.4 Å². The van der Waals surface area contributed by atoms with Gasteiger partial charge >= 0.3 is 5.97 Å². The molecule has 1 heterocycles. The van der Waals surface area contributed by atoms with Gasteiger partial charge in [0.1, 0.15) is 4.88 Å². The van der Waals surface area contributed by atoms with Crippen molar-refractivity contribution >= 4 is 28.2 Å². The zero-order valence-corrected chi connectivity index (χ0v) is 12.3. The molecule has 0 spiro atoms. The standard InChI is InChI=1S/C12H18N2O4S/c1-5-14(7(2)6-18-4)12-13-9(11(16)17)10(19-12)8(3)15/h7H,5-6H2,1-4H3,(H,16,17). The zero-order valence-electron chi connectivity index (χ0n) is 11.5. The number of ether oxygens (including phenoxy) is 1. The van der Waals surface area contributed by atoms with Crippen LogP contribution in [0.15, 0.2) is 0 Å². The number of carbonyl (C=O) groups is 2. The molecule has 0 bridgehead atoms. The lowest BCUT2D eigenvalue weighted by Gasteiger charge is -2.26. The topological polar surface area (TPSA) is 79.7 Å². The Morgan fingerprint density at radius 3 is 2.53 bits per heavy atom. The fourth-order valence-corrected chi connectivity index (χ4v) is 2.90. The molecule has 0 aliphatic rings. The number of nitrogens with zero attached hydrogens (tertiary/aromatic N) is 2. The van der Waals surface area contributed by atoms with Crippen LogP contribution in [0.1, 0.15) is 40.9 Å². The number of methoxy groups -OCH3 is 1. The van der Waals surface area contributed by atoms with E-state index in [1.54, 1.807) is 7.11 Å². The minimum Gasteiger partial charge on any atom is -0.476 e. The molecular formula is C12H18N2O4S. The van der Waals surface area contributed by atoms with Crippen molar-refractivity contribution in [3.05, 3.63) is 10.6 Å². The number of anilines is 1. The fraction of sp³-hybridized carbons (Fsp3) is 0.583. The first kappa shape index (κ1) is 15.6. The smallest absolute Gasteiger partial charge is 0.356 e. The zero-order chi connectivity index (χ0) is 14.6. The first-order valence-electron chi connectivity index (χ1n) is 5.92. The molecule has 19 heavy (non-hydrogen) atoms. The van der Waals surface area contributed by atoms with Gasteiger partial charge in [-0.2, -0.15) is 0 Å². The second-order valence-corrected chi connectivity index (χ2v) is 5.10. The van der Waals surface area contributed by atoms with Gasteiger partial charge in [0.15, 0.2) is 16.6 Å². The number of rotatable bonds is 7. The lowest BCUT2D eigenvalue weighted by Crippen LogP contribution is -2.36. The van der Waals surface area contributed by atoms with E-state index in [1.807, 2.05) is 18.7 Å². The summed E-state index contributed by atoms with van der Waals surface area (Å²) in [7, 11) is 1.61. The van der Waals surface area contributed by atoms with Gasteiger partial charge in [-0.25, -0.2) is 9.78 Å². The van der Waals surface area contributed by atoms with Crippen molar-refractivity contribution < 1.29 is 19.4 Å². The molecule has 0 radical (unpaired) electrons. The van der Waals surface area contributed by atoms with E-state index >= 15 is 0 Å². The van der Waals surface area contributed by atoms with Crippen LogP contribution < -0.4 is 4.90 Å². The van der Waals surface area contributed by atoms with Crippen LogP contribution in [-0.4, -0.2) is 48.1 Å². The second kappa shape index (κ2) is 6.63. The molecule has 1 unspecified atom stereocenters. The molecular weight excluding hydrogens is 268 g/mol. The number of carboxylic acid groups (broad SMARTS) is 1. The molecule has 106 valence electrons. The van der Waals surface area contributed by atoms with Gasteiger partial charge < -0.3 is 14.7 Å². The van der Waals surface area contributed by atoms with E-state index in [2.05, 4.69) is 4.98 Å². The Morgan fingerprint density at radius 2 is 2.16 bits per heavy atom. The maximum absolute atomic E-state index is 11.5. The van der Waals surface area contributed by atoms with E-state index in [1.165, 1.54) is 6.92 Å². The van der Waals surface area contributed by atoms with Crippen LogP contribution in [0.4, 0.5) is 5.13 Å². The molecule has 1 aromatic rings. The minimum atomic E-state index is -1.18. The van der Waals surface area contributed by atoms with Gasteiger partial charge in [-0.1, -0.05) is 11.3 Å². The van der Waals surface area contributed by atoms with E-state index in [4.69, 9.17) is 9.84 Å². The quantitative estimate of drug-likeness (QED) is 0.771. The second-order valence-electron chi connectivity index (χ2n) is 4.13. The van der Waals surface area contributed by atoms with E-state index < -0.39 is 5.97 Å². The van der Waals surface area contributed by atoms with Crippen molar-refractivity contribution in [3.8, 4) is 0 Å². The van der Waals surface area contributed by atoms with Crippen molar-refractivity contribution in [3.63, 3.8) is 0 Å². The van der Waals surface area contributed by atoms with Gasteiger partial charge in [0.25, 0.3) is 0 Å². The highest BCUT2D eigenvalue weighted by molar-refractivity contribution is 7.17. The van der Waals surface area contributed by atoms with Gasteiger partial charge in [0, 0.05) is 20.6 Å². The first-order chi connectivity index (χ1) is 8.92. The summed E-state index contributed by atoms with van der Waals surface area (Å²) in [6.45, 7) is 6.42. The molecule has 1 aromatic heterocycles. The number of aromatic carboxylic acids is 1. The highest BCUT2D eigenvalue weighted by Crippen LogP contribution is 2.28. The summed E-state index contributed by atoms with van der Waals surface area (Å²) in [6.07, 6.45) is 0. The number of likely N-dealkylation sites (N-methyl/N-ethyl adjacent to an activating group) is 1.